The first-order chi connectivity index (χ1) is 28.9. The van der Waals surface area contributed by atoms with Crippen LogP contribution in [0.2, 0.25) is 0 Å². The molecule has 314 valence electrons. The molecule has 0 saturated carbocycles. The molecule has 2 fully saturated rings. The molecule has 3 heterocycles. The average molecular weight is 844 g/mol. The third kappa shape index (κ3) is 9.26. The summed E-state index contributed by atoms with van der Waals surface area (Å²) in [5.41, 5.74) is -3.84. The van der Waals surface area contributed by atoms with E-state index in [0.29, 0.717) is 19.2 Å². The van der Waals surface area contributed by atoms with E-state index in [1.807, 2.05) is 18.0 Å². The first kappa shape index (κ1) is 44.0. The van der Waals surface area contributed by atoms with Crippen LogP contribution >= 0.6 is 11.8 Å². The maximum Gasteiger partial charge on any atom is 0.320 e. The number of aliphatic carboxylic acids is 1. The Labute approximate surface area is 350 Å². The molecule has 0 spiro atoms. The van der Waals surface area contributed by atoms with Gasteiger partial charge in [0.2, 0.25) is 0 Å². The molecule has 3 aliphatic rings. The van der Waals surface area contributed by atoms with E-state index in [1.54, 1.807) is 25.2 Å². The number of nitrogens with zero attached hydrogens (tertiary/aromatic N) is 7. The molecule has 0 radical (unpaired) electrons. The van der Waals surface area contributed by atoms with Crippen molar-refractivity contribution in [1.82, 2.24) is 24.6 Å². The minimum Gasteiger partial charge on any atom is -0.481 e. The summed E-state index contributed by atoms with van der Waals surface area (Å²) in [6.07, 6.45) is 12.3. The number of allylic oxidation sites excluding steroid dienone is 4. The molecule has 6 rings (SSSR count). The number of nitriles is 2. The zero-order valence-corrected chi connectivity index (χ0v) is 33.9. The fraction of sp³-hybridized carbons (Fsp3) is 0.395. The summed E-state index contributed by atoms with van der Waals surface area (Å²) < 4.78 is 63.1. The van der Waals surface area contributed by atoms with Crippen molar-refractivity contribution in [2.75, 3.05) is 59.6 Å². The van der Waals surface area contributed by atoms with Crippen molar-refractivity contribution >= 4 is 29.8 Å². The van der Waals surface area contributed by atoms with Crippen LogP contribution < -0.4 is 0 Å². The molecular weight excluding hydrogens is 800 g/mol. The van der Waals surface area contributed by atoms with Gasteiger partial charge in [0.15, 0.2) is 6.29 Å². The van der Waals surface area contributed by atoms with Crippen LogP contribution in [-0.4, -0.2) is 117 Å². The summed E-state index contributed by atoms with van der Waals surface area (Å²) in [5, 5.41) is 34.7. The van der Waals surface area contributed by atoms with E-state index >= 15 is 4.39 Å². The number of piperazine rings is 1. The van der Waals surface area contributed by atoms with E-state index in [1.165, 1.54) is 59.8 Å². The first-order valence-corrected chi connectivity index (χ1v) is 20.1. The van der Waals surface area contributed by atoms with Crippen molar-refractivity contribution in [1.29, 1.82) is 10.5 Å². The lowest BCUT2D eigenvalue weighted by Gasteiger charge is -2.56. The lowest BCUT2D eigenvalue weighted by atomic mass is 9.51. The van der Waals surface area contributed by atoms with E-state index in [-0.39, 0.29) is 55.0 Å². The van der Waals surface area contributed by atoms with Crippen molar-refractivity contribution in [3.05, 3.63) is 125 Å². The van der Waals surface area contributed by atoms with Gasteiger partial charge in [-0.25, -0.2) is 18.2 Å². The van der Waals surface area contributed by atoms with Gasteiger partial charge in [-0.2, -0.15) is 15.6 Å². The van der Waals surface area contributed by atoms with Gasteiger partial charge in [-0.05, 0) is 55.5 Å². The third-order valence-electron chi connectivity index (χ3n) is 11.2. The number of esters is 1. The van der Waals surface area contributed by atoms with E-state index in [0.717, 1.165) is 37.0 Å². The fourth-order valence-electron chi connectivity index (χ4n) is 8.06. The van der Waals surface area contributed by atoms with Gasteiger partial charge in [0.05, 0.1) is 54.0 Å². The van der Waals surface area contributed by atoms with E-state index in [9.17, 15) is 28.7 Å². The lowest BCUT2D eigenvalue weighted by molar-refractivity contribution is -0.159. The van der Waals surface area contributed by atoms with Crippen LogP contribution in [0.4, 0.5) is 13.2 Å². The van der Waals surface area contributed by atoms with Crippen molar-refractivity contribution in [2.24, 2.45) is 5.41 Å². The summed E-state index contributed by atoms with van der Waals surface area (Å²) in [7, 11) is 1.99. The highest BCUT2D eigenvalue weighted by molar-refractivity contribution is 8.01. The highest BCUT2D eigenvalue weighted by Crippen LogP contribution is 2.62. The standard InChI is InChI=1S/C43H44F3N7O6S/c1-3-41(26-53-29-49-28-50-53,35-11-10-33(44)19-37(35)46)43(40(55)56)20-31(22-48)12-13-42(43,27-59-38(54)23-52-16-14-51(2)15-17-52)60-34-24-57-39(58-25-34)7-5-4-6-32-9-8-30(21-47)18-36(32)45/h4-13,18-20,28-29,34,39H,3,14-17,23-27H2,1-2H3,(H,55,56)/t34?,39?,41?,42-,43-/m0/s1. The third-order valence-corrected chi connectivity index (χ3v) is 12.8. The fourth-order valence-corrected chi connectivity index (χ4v) is 9.75. The lowest BCUT2D eigenvalue weighted by Crippen LogP contribution is -2.66. The number of hydrogen-bond acceptors (Lipinski definition) is 12. The Morgan fingerprint density at radius 1 is 1.07 bits per heavy atom. The summed E-state index contributed by atoms with van der Waals surface area (Å²) in [5.74, 6) is -4.51. The van der Waals surface area contributed by atoms with Crippen molar-refractivity contribution in [3.63, 3.8) is 0 Å². The zero-order chi connectivity index (χ0) is 42.9. The number of halogens is 3. The summed E-state index contributed by atoms with van der Waals surface area (Å²) >= 11 is 1.10. The predicted octanol–water partition coefficient (Wildman–Crippen LogP) is 5.28. The van der Waals surface area contributed by atoms with Crippen LogP contribution in [0.25, 0.3) is 6.08 Å². The van der Waals surface area contributed by atoms with Gasteiger partial charge in [0, 0.05) is 48.8 Å². The van der Waals surface area contributed by atoms with Crippen molar-refractivity contribution in [2.45, 2.75) is 41.6 Å². The van der Waals surface area contributed by atoms with Crippen LogP contribution in [0.5, 0.6) is 0 Å². The molecule has 1 aliphatic carbocycles. The molecule has 2 saturated heterocycles. The number of aromatic nitrogens is 3. The van der Waals surface area contributed by atoms with Gasteiger partial charge >= 0.3 is 11.9 Å². The van der Waals surface area contributed by atoms with Gasteiger partial charge < -0.3 is 24.2 Å². The van der Waals surface area contributed by atoms with Crippen LogP contribution in [0.1, 0.15) is 30.0 Å². The zero-order valence-electron chi connectivity index (χ0n) is 33.0. The Morgan fingerprint density at radius 2 is 1.83 bits per heavy atom. The maximum absolute atomic E-state index is 16.4. The highest BCUT2D eigenvalue weighted by atomic mass is 32.2. The molecule has 0 bridgehead atoms. The molecule has 60 heavy (non-hydrogen) atoms. The number of carbonyl (C=O) groups is 2. The monoisotopic (exact) mass is 843 g/mol. The van der Waals surface area contributed by atoms with Gasteiger partial charge in [0.1, 0.15) is 42.1 Å². The molecule has 1 unspecified atom stereocenters. The van der Waals surface area contributed by atoms with E-state index in [4.69, 9.17) is 19.5 Å². The van der Waals surface area contributed by atoms with Crippen molar-refractivity contribution < 1.29 is 42.1 Å². The summed E-state index contributed by atoms with van der Waals surface area (Å²) in [6, 6.07) is 11.0. The van der Waals surface area contributed by atoms with E-state index < -0.39 is 63.1 Å². The quantitative estimate of drug-likeness (QED) is 0.155. The Bertz CT molecular complexity index is 2240. The molecule has 3 aromatic rings. The molecule has 1 N–H and O–H groups in total. The molecular formula is C43H44F3N7O6S. The Hall–Kier alpha value is -5.56. The number of likely N-dealkylation sites (N-methyl/N-ethyl adjacent to an activating group) is 1. The normalized spacial score (nSPS) is 24.8. The van der Waals surface area contributed by atoms with Crippen LogP contribution in [0.3, 0.4) is 0 Å². The number of carboxylic acid groups (broad SMARTS) is 1. The minimum atomic E-state index is -2.29. The number of ether oxygens (including phenoxy) is 3. The average Bonchev–Trinajstić information content (AvgIpc) is 3.76. The largest absolute Gasteiger partial charge is 0.481 e. The Balaban J connectivity index is 1.38. The van der Waals surface area contributed by atoms with E-state index in [2.05, 4.69) is 21.1 Å². The molecule has 2 aromatic carbocycles. The topological polar surface area (TPSA) is 167 Å². The number of carbonyl (C=O) groups excluding carboxylic acids is 1. The Morgan fingerprint density at radius 3 is 2.47 bits per heavy atom. The maximum atomic E-state index is 16.4. The molecule has 17 heteroatoms. The number of thioether (sulfide) groups is 1. The summed E-state index contributed by atoms with van der Waals surface area (Å²) in [4.78, 5) is 36.3. The Kier molecular flexibility index (Phi) is 14.1. The minimum absolute atomic E-state index is 0.0239. The molecule has 2 aliphatic heterocycles. The van der Waals surface area contributed by atoms with Gasteiger partial charge in [-0.15, -0.1) is 11.8 Å². The second-order valence-corrected chi connectivity index (χ2v) is 16.4. The second kappa shape index (κ2) is 19.2. The molecule has 3 atom stereocenters. The first-order valence-electron chi connectivity index (χ1n) is 19.2. The SMILES string of the molecule is CCC(Cn1cncn1)(c1ccc(F)cc1F)[C@@]1(C(=O)O)C=C(C#N)C=C[C@@]1(COC(=O)CN1CCN(C)CC1)SC1COC(C=CC=Cc2ccc(C#N)cc2F)OC1. The number of hydrogen-bond donors (Lipinski definition) is 1. The smallest absolute Gasteiger partial charge is 0.320 e. The van der Waals surface area contributed by atoms with Gasteiger partial charge in [-0.1, -0.05) is 43.4 Å². The van der Waals surface area contributed by atoms with Crippen LogP contribution in [0.15, 0.2) is 91.1 Å². The number of rotatable bonds is 15. The van der Waals surface area contributed by atoms with Gasteiger partial charge in [0.25, 0.3) is 0 Å². The summed E-state index contributed by atoms with van der Waals surface area (Å²) in [6.45, 7) is 3.57. The second-order valence-electron chi connectivity index (χ2n) is 14.8. The molecule has 1 aromatic heterocycles. The van der Waals surface area contributed by atoms with Crippen molar-refractivity contribution in [3.8, 4) is 12.1 Å². The van der Waals surface area contributed by atoms with Crippen LogP contribution in [-0.2, 0) is 35.8 Å². The van der Waals surface area contributed by atoms with Gasteiger partial charge in [-0.3, -0.25) is 19.2 Å². The molecule has 0 amide bonds. The highest BCUT2D eigenvalue weighted by Gasteiger charge is 2.69. The number of carboxylic acids is 1. The predicted molar refractivity (Wildman–Crippen MR) is 215 cm³/mol. The number of benzene rings is 2. The van der Waals surface area contributed by atoms with Crippen LogP contribution in [0, 0.1) is 45.5 Å². The molecule has 13 nitrogen and oxygen atoms in total.